The fourth-order valence-corrected chi connectivity index (χ4v) is 3.37. The third-order valence-corrected chi connectivity index (χ3v) is 4.95. The molecule has 1 saturated heterocycles. The summed E-state index contributed by atoms with van der Waals surface area (Å²) in [5.74, 6) is 0.208. The second-order valence-corrected chi connectivity index (χ2v) is 6.70. The molecule has 0 N–H and O–H groups in total. The van der Waals surface area contributed by atoms with Gasteiger partial charge in [0.1, 0.15) is 11.3 Å². The van der Waals surface area contributed by atoms with Gasteiger partial charge in [0.25, 0.3) is 11.5 Å². The summed E-state index contributed by atoms with van der Waals surface area (Å²) in [4.78, 5) is 41.3. The predicted molar refractivity (Wildman–Crippen MR) is 108 cm³/mol. The number of nitrogens with zero attached hydrogens (tertiary/aromatic N) is 3. The van der Waals surface area contributed by atoms with E-state index in [1.165, 1.54) is 11.7 Å². The third-order valence-electron chi connectivity index (χ3n) is 4.95. The van der Waals surface area contributed by atoms with Crippen molar-refractivity contribution in [2.75, 3.05) is 39.9 Å². The van der Waals surface area contributed by atoms with Crippen LogP contribution in [0.5, 0.6) is 5.75 Å². The fraction of sp³-hybridized carbons (Fsp3) is 0.381. The molecule has 1 aliphatic heterocycles. The van der Waals surface area contributed by atoms with E-state index >= 15 is 0 Å². The van der Waals surface area contributed by atoms with Crippen molar-refractivity contribution in [3.05, 3.63) is 58.0 Å². The highest BCUT2D eigenvalue weighted by Crippen LogP contribution is 2.21. The van der Waals surface area contributed by atoms with Crippen LogP contribution in [0.25, 0.3) is 5.69 Å². The molecule has 0 bridgehead atoms. The summed E-state index contributed by atoms with van der Waals surface area (Å²) in [7, 11) is 1.53. The Morgan fingerprint density at radius 3 is 2.34 bits per heavy atom. The number of piperazine rings is 1. The van der Waals surface area contributed by atoms with Crippen LogP contribution >= 0.6 is 0 Å². The van der Waals surface area contributed by atoms with Crippen LogP contribution < -0.4 is 10.3 Å². The van der Waals surface area contributed by atoms with Gasteiger partial charge in [0, 0.05) is 32.4 Å². The van der Waals surface area contributed by atoms with Crippen molar-refractivity contribution >= 4 is 12.0 Å². The van der Waals surface area contributed by atoms with E-state index in [0.29, 0.717) is 49.8 Å². The average molecular weight is 399 g/mol. The van der Waals surface area contributed by atoms with E-state index in [0.717, 1.165) is 0 Å². The van der Waals surface area contributed by atoms with E-state index in [1.54, 1.807) is 54.1 Å². The molecule has 8 heteroatoms. The molecule has 3 rings (SSSR count). The van der Waals surface area contributed by atoms with Gasteiger partial charge in [0.15, 0.2) is 0 Å². The van der Waals surface area contributed by atoms with E-state index in [9.17, 15) is 14.4 Å². The highest BCUT2D eigenvalue weighted by molar-refractivity contribution is 5.95. The number of carbonyl (C=O) groups is 2. The third kappa shape index (κ3) is 4.11. The average Bonchev–Trinajstić information content (AvgIpc) is 2.74. The number of para-hydroxylation sites is 2. The van der Waals surface area contributed by atoms with Crippen LogP contribution in [0, 0.1) is 6.92 Å². The molecule has 0 spiro atoms. The lowest BCUT2D eigenvalue weighted by Gasteiger charge is -2.34. The zero-order chi connectivity index (χ0) is 21.0. The van der Waals surface area contributed by atoms with Gasteiger partial charge in [-0.1, -0.05) is 12.1 Å². The lowest BCUT2D eigenvalue weighted by Crippen LogP contribution is -2.51. The van der Waals surface area contributed by atoms with Crippen LogP contribution in [0.1, 0.15) is 22.8 Å². The minimum absolute atomic E-state index is 0.128. The molecule has 0 unspecified atom stereocenters. The van der Waals surface area contributed by atoms with Crippen LogP contribution in [0.3, 0.4) is 0 Å². The number of ether oxygens (including phenoxy) is 2. The Balaban J connectivity index is 1.87. The maximum absolute atomic E-state index is 13.2. The highest BCUT2D eigenvalue weighted by Gasteiger charge is 2.28. The predicted octanol–water partition coefficient (Wildman–Crippen LogP) is 2.07. The Kier molecular flexibility index (Phi) is 6.21. The normalized spacial score (nSPS) is 13.9. The van der Waals surface area contributed by atoms with Gasteiger partial charge in [-0.25, -0.2) is 4.79 Å². The molecular formula is C21H25N3O5. The smallest absolute Gasteiger partial charge is 0.409 e. The van der Waals surface area contributed by atoms with Crippen molar-refractivity contribution in [2.45, 2.75) is 13.8 Å². The number of rotatable bonds is 4. The highest BCUT2D eigenvalue weighted by atomic mass is 16.6. The van der Waals surface area contributed by atoms with Gasteiger partial charge < -0.3 is 19.3 Å². The lowest BCUT2D eigenvalue weighted by molar-refractivity contribution is 0.0568. The van der Waals surface area contributed by atoms with Gasteiger partial charge in [-0.15, -0.1) is 0 Å². The number of hydrogen-bond acceptors (Lipinski definition) is 5. The molecule has 1 aromatic heterocycles. The van der Waals surface area contributed by atoms with Gasteiger partial charge in [-0.3, -0.25) is 14.2 Å². The minimum atomic E-state index is -0.396. The Morgan fingerprint density at radius 2 is 1.69 bits per heavy atom. The number of carbonyl (C=O) groups excluding carboxylic acids is 2. The van der Waals surface area contributed by atoms with Crippen molar-refractivity contribution in [3.63, 3.8) is 0 Å². The summed E-state index contributed by atoms with van der Waals surface area (Å²) in [6.07, 6.45) is 1.26. The number of benzene rings is 1. The second-order valence-electron chi connectivity index (χ2n) is 6.70. The SMILES string of the molecule is CCOC(=O)N1CCN(C(=O)c2c(C)ccn(-c3ccccc3OC)c2=O)CC1. The zero-order valence-corrected chi connectivity index (χ0v) is 16.9. The van der Waals surface area contributed by atoms with Crippen molar-refractivity contribution < 1.29 is 19.1 Å². The van der Waals surface area contributed by atoms with Crippen LogP contribution in [0.15, 0.2) is 41.3 Å². The van der Waals surface area contributed by atoms with Crippen LogP contribution in [-0.4, -0.2) is 66.3 Å². The topological polar surface area (TPSA) is 81.1 Å². The Labute approximate surface area is 169 Å². The summed E-state index contributed by atoms with van der Waals surface area (Å²) in [6.45, 7) is 5.25. The van der Waals surface area contributed by atoms with Gasteiger partial charge >= 0.3 is 6.09 Å². The summed E-state index contributed by atoms with van der Waals surface area (Å²) >= 11 is 0. The van der Waals surface area contributed by atoms with Gasteiger partial charge in [-0.2, -0.15) is 0 Å². The molecule has 1 fully saturated rings. The molecule has 0 aliphatic carbocycles. The van der Waals surface area contributed by atoms with Gasteiger partial charge in [-0.05, 0) is 37.6 Å². The maximum Gasteiger partial charge on any atom is 0.409 e. The minimum Gasteiger partial charge on any atom is -0.495 e. The number of hydrogen-bond donors (Lipinski definition) is 0. The standard InChI is InChI=1S/C21H25N3O5/c1-4-29-21(27)23-13-11-22(12-14-23)19(25)18-15(2)9-10-24(20(18)26)16-7-5-6-8-17(16)28-3/h5-10H,4,11-14H2,1-3H3. The van der Waals surface area contributed by atoms with Crippen molar-refractivity contribution in [3.8, 4) is 11.4 Å². The molecule has 2 aromatic rings. The fourth-order valence-electron chi connectivity index (χ4n) is 3.37. The number of methoxy groups -OCH3 is 1. The molecule has 2 heterocycles. The molecule has 0 radical (unpaired) electrons. The molecule has 8 nitrogen and oxygen atoms in total. The van der Waals surface area contributed by atoms with Crippen LogP contribution in [0.4, 0.5) is 4.79 Å². The Hall–Kier alpha value is -3.29. The van der Waals surface area contributed by atoms with E-state index in [2.05, 4.69) is 0 Å². The molecule has 154 valence electrons. The number of aromatic nitrogens is 1. The van der Waals surface area contributed by atoms with Crippen LogP contribution in [0.2, 0.25) is 0 Å². The van der Waals surface area contributed by atoms with Gasteiger partial charge in [0.2, 0.25) is 0 Å². The zero-order valence-electron chi connectivity index (χ0n) is 16.9. The molecule has 1 aromatic carbocycles. The van der Waals surface area contributed by atoms with E-state index < -0.39 is 5.56 Å². The second kappa shape index (κ2) is 8.81. The quantitative estimate of drug-likeness (QED) is 0.786. The molecule has 1 aliphatic rings. The molecule has 29 heavy (non-hydrogen) atoms. The number of amides is 2. The van der Waals surface area contributed by atoms with Gasteiger partial charge in [0.05, 0.1) is 19.4 Å². The summed E-state index contributed by atoms with van der Waals surface area (Å²) < 4.78 is 11.8. The first kappa shape index (κ1) is 20.4. The summed E-state index contributed by atoms with van der Waals surface area (Å²) in [6, 6.07) is 8.90. The first-order valence-corrected chi connectivity index (χ1v) is 9.54. The van der Waals surface area contributed by atoms with Crippen molar-refractivity contribution in [1.82, 2.24) is 14.4 Å². The molecular weight excluding hydrogens is 374 g/mol. The molecule has 0 saturated carbocycles. The molecule has 0 atom stereocenters. The lowest BCUT2D eigenvalue weighted by atomic mass is 10.1. The monoisotopic (exact) mass is 399 g/mol. The van der Waals surface area contributed by atoms with Crippen LogP contribution in [-0.2, 0) is 4.74 Å². The van der Waals surface area contributed by atoms with Crippen molar-refractivity contribution in [1.29, 1.82) is 0 Å². The largest absolute Gasteiger partial charge is 0.495 e. The van der Waals surface area contributed by atoms with E-state index in [1.807, 2.05) is 6.07 Å². The van der Waals surface area contributed by atoms with Crippen molar-refractivity contribution in [2.24, 2.45) is 0 Å². The maximum atomic E-state index is 13.2. The summed E-state index contributed by atoms with van der Waals surface area (Å²) in [5, 5.41) is 0. The Bertz CT molecular complexity index is 961. The summed E-state index contributed by atoms with van der Waals surface area (Å²) in [5.41, 5.74) is 0.912. The number of aryl methyl sites for hydroxylation is 1. The molecule has 2 amide bonds. The van der Waals surface area contributed by atoms with E-state index in [-0.39, 0.29) is 17.6 Å². The first-order valence-electron chi connectivity index (χ1n) is 9.54. The number of pyridine rings is 1. The Morgan fingerprint density at radius 1 is 1.03 bits per heavy atom. The van der Waals surface area contributed by atoms with E-state index in [4.69, 9.17) is 9.47 Å². The first-order chi connectivity index (χ1) is 14.0.